The van der Waals surface area contributed by atoms with E-state index in [0.717, 1.165) is 13.1 Å². The van der Waals surface area contributed by atoms with Crippen molar-refractivity contribution in [2.75, 3.05) is 13.1 Å². The monoisotopic (exact) mass is 221 g/mol. The summed E-state index contributed by atoms with van der Waals surface area (Å²) in [5, 5.41) is 3.37. The van der Waals surface area contributed by atoms with E-state index < -0.39 is 0 Å². The van der Waals surface area contributed by atoms with Gasteiger partial charge in [-0.3, -0.25) is 0 Å². The molecule has 3 rings (SSSR count). The van der Waals surface area contributed by atoms with E-state index in [1.807, 2.05) is 0 Å². The summed E-state index contributed by atoms with van der Waals surface area (Å²) in [6, 6.07) is 0.800. The van der Waals surface area contributed by atoms with E-state index in [-0.39, 0.29) is 0 Å². The van der Waals surface area contributed by atoms with Crippen LogP contribution in [0.25, 0.3) is 0 Å². The van der Waals surface area contributed by atoms with Gasteiger partial charge in [0, 0.05) is 18.6 Å². The van der Waals surface area contributed by atoms with Crippen LogP contribution in [0.5, 0.6) is 0 Å². The molecule has 5 N–H and O–H groups in total. The van der Waals surface area contributed by atoms with E-state index in [9.17, 15) is 0 Å². The van der Waals surface area contributed by atoms with Crippen molar-refractivity contribution < 1.29 is 0 Å². The molecule has 1 spiro atoms. The van der Waals surface area contributed by atoms with Crippen LogP contribution in [0.1, 0.15) is 32.1 Å². The maximum Gasteiger partial charge on any atom is 0.0232 e. The lowest BCUT2D eigenvalue weighted by Crippen LogP contribution is -2.47. The molecule has 0 bridgehead atoms. The lowest BCUT2D eigenvalue weighted by Gasteiger charge is -2.34. The van der Waals surface area contributed by atoms with Gasteiger partial charge >= 0.3 is 0 Å². The largest absolute Gasteiger partial charge is 0.327 e. The topological polar surface area (TPSA) is 64.1 Å². The summed E-state index contributed by atoms with van der Waals surface area (Å²) in [5.41, 5.74) is 14.3. The Labute approximate surface area is 97.6 Å². The minimum Gasteiger partial charge on any atom is -0.327 e. The van der Waals surface area contributed by atoms with Gasteiger partial charge in [-0.15, -0.1) is 0 Å². The molecule has 3 nitrogen and oxygen atoms in total. The average Bonchev–Trinajstić information content (AvgIpc) is 2.91. The summed E-state index contributed by atoms with van der Waals surface area (Å²) in [6.07, 6.45) is 8.68. The molecule has 3 heteroatoms. The van der Waals surface area contributed by atoms with Crippen LogP contribution in [0, 0.1) is 11.3 Å². The van der Waals surface area contributed by atoms with Crippen molar-refractivity contribution in [3.8, 4) is 0 Å². The number of rotatable bonds is 1. The van der Waals surface area contributed by atoms with Crippen LogP contribution in [0.15, 0.2) is 11.6 Å². The maximum absolute atomic E-state index is 6.19. The first kappa shape index (κ1) is 10.8. The zero-order chi connectivity index (χ0) is 11.2. The predicted molar refractivity (Wildman–Crippen MR) is 65.9 cm³/mol. The molecule has 16 heavy (non-hydrogen) atoms. The third-order valence-corrected chi connectivity index (χ3v) is 4.94. The number of hydrogen-bond acceptors (Lipinski definition) is 3. The second-order valence-electron chi connectivity index (χ2n) is 5.92. The fourth-order valence-corrected chi connectivity index (χ4v) is 3.51. The Kier molecular flexibility index (Phi) is 2.57. The SMILES string of the molecule is NC1CNCCC1C1=CCC2(CC1)CC2N. The Balaban J connectivity index is 1.67. The van der Waals surface area contributed by atoms with Gasteiger partial charge < -0.3 is 16.8 Å². The summed E-state index contributed by atoms with van der Waals surface area (Å²) in [4.78, 5) is 0. The molecular formula is C13H23N3. The summed E-state index contributed by atoms with van der Waals surface area (Å²) >= 11 is 0. The number of allylic oxidation sites excluding steroid dienone is 1. The Morgan fingerprint density at radius 3 is 2.75 bits per heavy atom. The molecule has 1 heterocycles. The van der Waals surface area contributed by atoms with Crippen LogP contribution in [0.3, 0.4) is 0 Å². The van der Waals surface area contributed by atoms with E-state index in [0.29, 0.717) is 23.4 Å². The molecule has 0 aromatic rings. The summed E-state index contributed by atoms with van der Waals surface area (Å²) in [5.74, 6) is 0.633. The third kappa shape index (κ3) is 1.71. The van der Waals surface area contributed by atoms with Crippen LogP contribution < -0.4 is 16.8 Å². The van der Waals surface area contributed by atoms with Crippen molar-refractivity contribution in [2.45, 2.75) is 44.2 Å². The number of piperidine rings is 1. The van der Waals surface area contributed by atoms with E-state index in [1.165, 1.54) is 32.1 Å². The van der Waals surface area contributed by atoms with Gasteiger partial charge in [0.1, 0.15) is 0 Å². The second-order valence-corrected chi connectivity index (χ2v) is 5.92. The third-order valence-electron chi connectivity index (χ3n) is 4.94. The van der Waals surface area contributed by atoms with Crippen molar-refractivity contribution in [1.82, 2.24) is 5.32 Å². The van der Waals surface area contributed by atoms with Crippen molar-refractivity contribution in [3.05, 3.63) is 11.6 Å². The van der Waals surface area contributed by atoms with E-state index in [4.69, 9.17) is 11.5 Å². The van der Waals surface area contributed by atoms with Gasteiger partial charge in [0.25, 0.3) is 0 Å². The molecule has 0 aromatic carbocycles. The van der Waals surface area contributed by atoms with Crippen LogP contribution in [-0.4, -0.2) is 25.2 Å². The molecule has 4 unspecified atom stereocenters. The molecule has 90 valence electrons. The first-order valence-electron chi connectivity index (χ1n) is 6.62. The van der Waals surface area contributed by atoms with Crippen molar-refractivity contribution in [2.24, 2.45) is 22.8 Å². The van der Waals surface area contributed by atoms with E-state index in [2.05, 4.69) is 11.4 Å². The fourth-order valence-electron chi connectivity index (χ4n) is 3.51. The Bertz CT molecular complexity index is 312. The normalized spacial score (nSPS) is 47.9. The number of hydrogen-bond donors (Lipinski definition) is 3. The van der Waals surface area contributed by atoms with Gasteiger partial charge in [-0.1, -0.05) is 11.6 Å². The fraction of sp³-hybridized carbons (Fsp3) is 0.846. The summed E-state index contributed by atoms with van der Waals surface area (Å²) < 4.78 is 0. The van der Waals surface area contributed by atoms with Crippen LogP contribution in [0.4, 0.5) is 0 Å². The Hall–Kier alpha value is -0.380. The van der Waals surface area contributed by atoms with Crippen molar-refractivity contribution in [3.63, 3.8) is 0 Å². The summed E-state index contributed by atoms with van der Waals surface area (Å²) in [7, 11) is 0. The standard InChI is InChI=1S/C13H23N3/c14-11-8-16-6-3-10(11)9-1-4-13(5-2-9)7-12(13)15/h1,10-12,16H,2-8,14-15H2. The Morgan fingerprint density at radius 1 is 1.38 bits per heavy atom. The lowest BCUT2D eigenvalue weighted by atomic mass is 9.77. The molecule has 2 aliphatic carbocycles. The quantitative estimate of drug-likeness (QED) is 0.573. The molecule has 2 fully saturated rings. The highest BCUT2D eigenvalue weighted by molar-refractivity contribution is 5.21. The Morgan fingerprint density at radius 2 is 2.19 bits per heavy atom. The molecule has 0 amide bonds. The molecule has 1 saturated carbocycles. The van der Waals surface area contributed by atoms with Crippen LogP contribution >= 0.6 is 0 Å². The molecule has 0 aromatic heterocycles. The molecule has 3 aliphatic rings. The van der Waals surface area contributed by atoms with Gasteiger partial charge in [-0.05, 0) is 50.0 Å². The molecular weight excluding hydrogens is 198 g/mol. The van der Waals surface area contributed by atoms with Gasteiger partial charge in [-0.2, -0.15) is 0 Å². The van der Waals surface area contributed by atoms with Crippen molar-refractivity contribution >= 4 is 0 Å². The predicted octanol–water partition coefficient (Wildman–Crippen LogP) is 0.751. The van der Waals surface area contributed by atoms with Gasteiger partial charge in [0.05, 0.1) is 0 Å². The summed E-state index contributed by atoms with van der Waals surface area (Å²) in [6.45, 7) is 2.10. The minimum absolute atomic E-state index is 0.321. The molecule has 4 atom stereocenters. The first-order valence-corrected chi connectivity index (χ1v) is 6.62. The number of nitrogens with two attached hydrogens (primary N) is 2. The number of nitrogens with one attached hydrogen (secondary N) is 1. The van der Waals surface area contributed by atoms with E-state index in [1.54, 1.807) is 5.57 Å². The zero-order valence-corrected chi connectivity index (χ0v) is 9.91. The van der Waals surface area contributed by atoms with Crippen LogP contribution in [0.2, 0.25) is 0 Å². The van der Waals surface area contributed by atoms with Gasteiger partial charge in [0.2, 0.25) is 0 Å². The maximum atomic E-state index is 6.19. The smallest absolute Gasteiger partial charge is 0.0232 e. The van der Waals surface area contributed by atoms with Crippen molar-refractivity contribution in [1.29, 1.82) is 0 Å². The molecule has 1 aliphatic heterocycles. The van der Waals surface area contributed by atoms with Gasteiger partial charge in [0.15, 0.2) is 0 Å². The second kappa shape index (κ2) is 3.83. The van der Waals surface area contributed by atoms with E-state index >= 15 is 0 Å². The zero-order valence-electron chi connectivity index (χ0n) is 9.91. The van der Waals surface area contributed by atoms with Gasteiger partial charge in [-0.25, -0.2) is 0 Å². The highest BCUT2D eigenvalue weighted by Crippen LogP contribution is 2.55. The molecule has 0 radical (unpaired) electrons. The highest BCUT2D eigenvalue weighted by Gasteiger charge is 2.51. The minimum atomic E-state index is 0.321. The highest BCUT2D eigenvalue weighted by atomic mass is 14.9. The lowest BCUT2D eigenvalue weighted by molar-refractivity contribution is 0.333. The molecule has 1 saturated heterocycles. The average molecular weight is 221 g/mol. The van der Waals surface area contributed by atoms with Crippen LogP contribution in [-0.2, 0) is 0 Å². The first-order chi connectivity index (χ1) is 7.71.